The molecule has 0 saturated carbocycles. The first kappa shape index (κ1) is 10.5. The molecular weight excluding hydrogens is 232 g/mol. The third kappa shape index (κ3) is 1.76. The maximum Gasteiger partial charge on any atom is 0.225 e. The fraction of sp³-hybridized carbons (Fsp3) is 0.333. The average Bonchev–Trinajstić information content (AvgIpc) is 2.70. The molecule has 1 aliphatic rings. The van der Waals surface area contributed by atoms with Crippen molar-refractivity contribution in [3.05, 3.63) is 40.2 Å². The highest BCUT2D eigenvalue weighted by Crippen LogP contribution is 2.22. The summed E-state index contributed by atoms with van der Waals surface area (Å²) in [6.07, 6.45) is 1.07. The standard InChI is InChI=1S/C12H14N4S/c1-15-11(13-14-12(15)17)16-7-6-9-4-2-3-5-10(9)8-16/h2-5H,6-8H2,1H3,(H,14,17). The van der Waals surface area contributed by atoms with Crippen molar-refractivity contribution in [1.82, 2.24) is 14.8 Å². The lowest BCUT2D eigenvalue weighted by atomic mass is 10.0. The Labute approximate surface area is 105 Å². The highest BCUT2D eigenvalue weighted by atomic mass is 32.1. The van der Waals surface area contributed by atoms with Crippen molar-refractivity contribution >= 4 is 18.2 Å². The number of nitrogens with one attached hydrogen (secondary N) is 1. The molecule has 88 valence electrons. The van der Waals surface area contributed by atoms with Crippen LogP contribution in [-0.2, 0) is 20.0 Å². The molecule has 3 rings (SSSR count). The van der Waals surface area contributed by atoms with Crippen LogP contribution < -0.4 is 4.90 Å². The van der Waals surface area contributed by atoms with Gasteiger partial charge in [0.2, 0.25) is 5.95 Å². The Morgan fingerprint density at radius 1 is 1.29 bits per heavy atom. The van der Waals surface area contributed by atoms with Crippen molar-refractivity contribution in [3.8, 4) is 0 Å². The molecule has 0 aliphatic carbocycles. The lowest BCUT2D eigenvalue weighted by Gasteiger charge is -2.29. The summed E-state index contributed by atoms with van der Waals surface area (Å²) >= 11 is 5.14. The van der Waals surface area contributed by atoms with E-state index < -0.39 is 0 Å². The Bertz CT molecular complexity index is 599. The van der Waals surface area contributed by atoms with Gasteiger partial charge in [-0.05, 0) is 29.8 Å². The summed E-state index contributed by atoms with van der Waals surface area (Å²) in [4.78, 5) is 2.26. The molecule has 0 amide bonds. The maximum atomic E-state index is 5.14. The number of benzene rings is 1. The Kier molecular flexibility index (Phi) is 2.48. The molecule has 2 heterocycles. The number of H-pyrrole nitrogens is 1. The highest BCUT2D eigenvalue weighted by Gasteiger charge is 2.19. The van der Waals surface area contributed by atoms with Crippen molar-refractivity contribution in [3.63, 3.8) is 0 Å². The van der Waals surface area contributed by atoms with Gasteiger partial charge in [0.15, 0.2) is 4.77 Å². The van der Waals surface area contributed by atoms with E-state index in [4.69, 9.17) is 12.2 Å². The van der Waals surface area contributed by atoms with Gasteiger partial charge >= 0.3 is 0 Å². The van der Waals surface area contributed by atoms with E-state index >= 15 is 0 Å². The minimum Gasteiger partial charge on any atom is -0.336 e. The van der Waals surface area contributed by atoms with Gasteiger partial charge in [-0.3, -0.25) is 4.57 Å². The van der Waals surface area contributed by atoms with Gasteiger partial charge in [0.05, 0.1) is 0 Å². The summed E-state index contributed by atoms with van der Waals surface area (Å²) in [6, 6.07) is 8.58. The van der Waals surface area contributed by atoms with E-state index in [1.807, 2.05) is 11.6 Å². The summed E-state index contributed by atoms with van der Waals surface area (Å²) < 4.78 is 2.59. The predicted molar refractivity (Wildman–Crippen MR) is 69.6 cm³/mol. The Morgan fingerprint density at radius 3 is 2.76 bits per heavy atom. The van der Waals surface area contributed by atoms with Crippen molar-refractivity contribution in [2.75, 3.05) is 11.4 Å². The molecule has 2 aromatic rings. The number of fused-ring (bicyclic) bond motifs is 1. The molecule has 0 saturated heterocycles. The van der Waals surface area contributed by atoms with Gasteiger partial charge in [0.1, 0.15) is 0 Å². The van der Waals surface area contributed by atoms with Crippen LogP contribution in [0, 0.1) is 4.77 Å². The molecule has 1 aliphatic heterocycles. The van der Waals surface area contributed by atoms with Gasteiger partial charge in [-0.1, -0.05) is 24.3 Å². The van der Waals surface area contributed by atoms with Crippen molar-refractivity contribution in [2.45, 2.75) is 13.0 Å². The number of rotatable bonds is 1. The third-order valence-corrected chi connectivity index (χ3v) is 3.63. The van der Waals surface area contributed by atoms with E-state index in [0.717, 1.165) is 25.5 Å². The van der Waals surface area contributed by atoms with Crippen molar-refractivity contribution in [1.29, 1.82) is 0 Å². The van der Waals surface area contributed by atoms with Crippen LogP contribution >= 0.6 is 12.2 Å². The Balaban J connectivity index is 1.94. The van der Waals surface area contributed by atoms with Gasteiger partial charge in [0.25, 0.3) is 0 Å². The quantitative estimate of drug-likeness (QED) is 0.782. The van der Waals surface area contributed by atoms with E-state index in [2.05, 4.69) is 39.4 Å². The van der Waals surface area contributed by atoms with Crippen LogP contribution in [0.1, 0.15) is 11.1 Å². The minimum absolute atomic E-state index is 0.666. The van der Waals surface area contributed by atoms with Crippen LogP contribution in [0.5, 0.6) is 0 Å². The lowest BCUT2D eigenvalue weighted by Crippen LogP contribution is -2.32. The lowest BCUT2D eigenvalue weighted by molar-refractivity contribution is 0.686. The topological polar surface area (TPSA) is 36.9 Å². The van der Waals surface area contributed by atoms with Crippen molar-refractivity contribution in [2.24, 2.45) is 7.05 Å². The van der Waals surface area contributed by atoms with Gasteiger partial charge in [0, 0.05) is 20.1 Å². The second kappa shape index (κ2) is 4.00. The predicted octanol–water partition coefficient (Wildman–Crippen LogP) is 2.04. The van der Waals surface area contributed by atoms with E-state index in [1.165, 1.54) is 11.1 Å². The largest absolute Gasteiger partial charge is 0.336 e. The fourth-order valence-corrected chi connectivity index (χ4v) is 2.42. The number of nitrogens with zero attached hydrogens (tertiary/aromatic N) is 3. The molecule has 0 fully saturated rings. The van der Waals surface area contributed by atoms with E-state index in [-0.39, 0.29) is 0 Å². The zero-order chi connectivity index (χ0) is 11.8. The summed E-state index contributed by atoms with van der Waals surface area (Å²) in [5, 5.41) is 7.12. The number of hydrogen-bond donors (Lipinski definition) is 1. The van der Waals surface area contributed by atoms with Crippen LogP contribution in [-0.4, -0.2) is 21.3 Å². The number of hydrogen-bond acceptors (Lipinski definition) is 3. The van der Waals surface area contributed by atoms with Crippen molar-refractivity contribution < 1.29 is 0 Å². The zero-order valence-electron chi connectivity index (χ0n) is 9.68. The molecule has 0 radical (unpaired) electrons. The van der Waals surface area contributed by atoms with Crippen LogP contribution in [0.4, 0.5) is 5.95 Å². The smallest absolute Gasteiger partial charge is 0.225 e. The number of aromatic nitrogens is 3. The normalized spacial score (nSPS) is 14.8. The van der Waals surface area contributed by atoms with Crippen LogP contribution in [0.3, 0.4) is 0 Å². The summed E-state index contributed by atoms with van der Waals surface area (Å²) in [7, 11) is 1.95. The molecule has 0 atom stereocenters. The van der Waals surface area contributed by atoms with Gasteiger partial charge in [-0.15, -0.1) is 5.10 Å². The second-order valence-corrected chi connectivity index (χ2v) is 4.71. The number of anilines is 1. The highest BCUT2D eigenvalue weighted by molar-refractivity contribution is 7.71. The molecule has 1 N–H and O–H groups in total. The second-order valence-electron chi connectivity index (χ2n) is 4.33. The van der Waals surface area contributed by atoms with E-state index in [0.29, 0.717) is 4.77 Å². The van der Waals surface area contributed by atoms with Gasteiger partial charge in [-0.25, -0.2) is 5.10 Å². The van der Waals surface area contributed by atoms with Gasteiger partial charge in [-0.2, -0.15) is 0 Å². The van der Waals surface area contributed by atoms with Gasteiger partial charge < -0.3 is 4.90 Å². The molecule has 1 aromatic heterocycles. The molecule has 0 bridgehead atoms. The third-order valence-electron chi connectivity index (χ3n) is 3.27. The molecular formula is C12H14N4S. The van der Waals surface area contributed by atoms with Crippen LogP contribution in [0.25, 0.3) is 0 Å². The van der Waals surface area contributed by atoms with E-state index in [9.17, 15) is 0 Å². The summed E-state index contributed by atoms with van der Waals surface area (Å²) in [5.41, 5.74) is 2.83. The molecule has 0 unspecified atom stereocenters. The monoisotopic (exact) mass is 246 g/mol. The maximum absolute atomic E-state index is 5.14. The van der Waals surface area contributed by atoms with E-state index in [1.54, 1.807) is 0 Å². The van der Waals surface area contributed by atoms with Crippen LogP contribution in [0.15, 0.2) is 24.3 Å². The Hall–Kier alpha value is -1.62. The SMILES string of the molecule is Cn1c(N2CCc3ccccc3C2)n[nH]c1=S. The first-order valence-corrected chi connectivity index (χ1v) is 6.09. The summed E-state index contributed by atoms with van der Waals surface area (Å²) in [6.45, 7) is 1.90. The minimum atomic E-state index is 0.666. The average molecular weight is 246 g/mol. The molecule has 0 spiro atoms. The first-order chi connectivity index (χ1) is 8.25. The Morgan fingerprint density at radius 2 is 2.06 bits per heavy atom. The van der Waals surface area contributed by atoms with Crippen LogP contribution in [0.2, 0.25) is 0 Å². The molecule has 17 heavy (non-hydrogen) atoms. The molecule has 1 aromatic carbocycles. The zero-order valence-corrected chi connectivity index (χ0v) is 10.5. The first-order valence-electron chi connectivity index (χ1n) is 5.69. The number of aromatic amines is 1. The molecule has 4 nitrogen and oxygen atoms in total. The fourth-order valence-electron chi connectivity index (χ4n) is 2.29. The summed E-state index contributed by atoms with van der Waals surface area (Å²) in [5.74, 6) is 0.921. The molecule has 5 heteroatoms.